The van der Waals surface area contributed by atoms with Crippen LogP contribution in [-0.2, 0) is 20.0 Å². The van der Waals surface area contributed by atoms with Crippen molar-refractivity contribution in [2.75, 3.05) is 0 Å². The number of aromatic nitrogens is 4. The van der Waals surface area contributed by atoms with Crippen LogP contribution in [0.15, 0.2) is 18.5 Å². The molecule has 92 valence electrons. The Labute approximate surface area is 101 Å². The van der Waals surface area contributed by atoms with E-state index >= 15 is 0 Å². The largest absolute Gasteiger partial charge is 0.386 e. The van der Waals surface area contributed by atoms with E-state index < -0.39 is 6.10 Å². The molecule has 0 fully saturated rings. The summed E-state index contributed by atoms with van der Waals surface area (Å²) in [5.41, 5.74) is 2.79. The lowest BCUT2D eigenvalue weighted by Gasteiger charge is -2.05. The van der Waals surface area contributed by atoms with Crippen molar-refractivity contribution in [2.24, 2.45) is 7.05 Å². The molecule has 2 heterocycles. The second-order valence-corrected chi connectivity index (χ2v) is 4.26. The smallest absolute Gasteiger partial charge is 0.102 e. The molecule has 5 nitrogen and oxygen atoms in total. The maximum absolute atomic E-state index is 10.1. The Hall–Kier alpha value is -1.62. The number of nitrogens with zero attached hydrogens (tertiary/aromatic N) is 4. The predicted molar refractivity (Wildman–Crippen MR) is 64.5 cm³/mol. The highest BCUT2D eigenvalue weighted by Gasteiger charge is 2.13. The van der Waals surface area contributed by atoms with Gasteiger partial charge in [0.1, 0.15) is 6.10 Å². The van der Waals surface area contributed by atoms with Crippen molar-refractivity contribution in [2.45, 2.75) is 32.9 Å². The van der Waals surface area contributed by atoms with Crippen molar-refractivity contribution in [3.05, 3.63) is 35.4 Å². The minimum Gasteiger partial charge on any atom is -0.386 e. The van der Waals surface area contributed by atoms with E-state index in [4.69, 9.17) is 0 Å². The summed E-state index contributed by atoms with van der Waals surface area (Å²) >= 11 is 0. The summed E-state index contributed by atoms with van der Waals surface area (Å²) in [6.45, 7) is 4.85. The van der Waals surface area contributed by atoms with Crippen molar-refractivity contribution >= 4 is 0 Å². The average molecular weight is 234 g/mol. The highest BCUT2D eigenvalue weighted by atomic mass is 16.3. The molecule has 0 bridgehead atoms. The van der Waals surface area contributed by atoms with E-state index in [2.05, 4.69) is 10.2 Å². The van der Waals surface area contributed by atoms with Gasteiger partial charge in [-0.05, 0) is 25.5 Å². The van der Waals surface area contributed by atoms with Crippen LogP contribution in [0.5, 0.6) is 0 Å². The van der Waals surface area contributed by atoms with E-state index in [9.17, 15) is 5.11 Å². The third-order valence-electron chi connectivity index (χ3n) is 2.91. The molecule has 17 heavy (non-hydrogen) atoms. The van der Waals surface area contributed by atoms with Crippen LogP contribution in [0.4, 0.5) is 0 Å². The molecule has 0 saturated heterocycles. The van der Waals surface area contributed by atoms with E-state index in [1.54, 1.807) is 10.9 Å². The molecular formula is C12H18N4O. The third kappa shape index (κ3) is 2.55. The summed E-state index contributed by atoms with van der Waals surface area (Å²) in [5.74, 6) is 0. The first-order chi connectivity index (χ1) is 8.10. The molecule has 0 spiro atoms. The molecule has 5 heteroatoms. The zero-order valence-electron chi connectivity index (χ0n) is 10.5. The highest BCUT2D eigenvalue weighted by Crippen LogP contribution is 2.17. The molecule has 0 aromatic carbocycles. The number of aryl methyl sites for hydroxylation is 3. The monoisotopic (exact) mass is 234 g/mol. The molecule has 0 saturated carbocycles. The quantitative estimate of drug-likeness (QED) is 0.865. The number of aliphatic hydroxyl groups excluding tert-OH is 1. The highest BCUT2D eigenvalue weighted by molar-refractivity contribution is 5.15. The van der Waals surface area contributed by atoms with Crippen LogP contribution >= 0.6 is 0 Å². The van der Waals surface area contributed by atoms with Crippen molar-refractivity contribution < 1.29 is 5.11 Å². The van der Waals surface area contributed by atoms with Crippen molar-refractivity contribution in [3.8, 4) is 0 Å². The molecule has 0 aliphatic heterocycles. The van der Waals surface area contributed by atoms with E-state index in [1.165, 1.54) is 0 Å². The van der Waals surface area contributed by atoms with Gasteiger partial charge in [-0.15, -0.1) is 0 Å². The summed E-state index contributed by atoms with van der Waals surface area (Å²) in [4.78, 5) is 0. The second kappa shape index (κ2) is 4.71. The first-order valence-corrected chi connectivity index (χ1v) is 5.80. The number of hydrogen-bond acceptors (Lipinski definition) is 3. The lowest BCUT2D eigenvalue weighted by Crippen LogP contribution is -2.03. The Kier molecular flexibility index (Phi) is 3.28. The Bertz CT molecular complexity index is 481. The van der Waals surface area contributed by atoms with Gasteiger partial charge in [-0.3, -0.25) is 9.36 Å². The maximum atomic E-state index is 10.1. The molecule has 1 atom stereocenters. The summed E-state index contributed by atoms with van der Waals surface area (Å²) in [5, 5.41) is 18.5. The zero-order chi connectivity index (χ0) is 12.4. The second-order valence-electron chi connectivity index (χ2n) is 4.26. The number of rotatable bonds is 4. The van der Waals surface area contributed by atoms with E-state index in [-0.39, 0.29) is 0 Å². The van der Waals surface area contributed by atoms with Crippen LogP contribution in [0.2, 0.25) is 0 Å². The van der Waals surface area contributed by atoms with Gasteiger partial charge in [0, 0.05) is 31.9 Å². The predicted octanol–water partition coefficient (Wildman–Crippen LogP) is 1.22. The van der Waals surface area contributed by atoms with Crippen molar-refractivity contribution in [1.82, 2.24) is 19.6 Å². The molecule has 2 aromatic rings. The fourth-order valence-corrected chi connectivity index (χ4v) is 1.76. The number of aliphatic hydroxyl groups is 1. The fourth-order valence-electron chi connectivity index (χ4n) is 1.76. The number of hydrogen-bond donors (Lipinski definition) is 1. The molecule has 0 aliphatic carbocycles. The SMILES string of the molecule is CCn1cc(CC(O)c2cc(C)n(C)n2)cn1. The standard InChI is InChI=1S/C12H18N4O/c1-4-16-8-10(7-13-16)6-12(17)11-5-9(2)15(3)14-11/h5,7-8,12,17H,4,6H2,1-3H3. The molecule has 0 radical (unpaired) electrons. The molecule has 2 aromatic heterocycles. The Morgan fingerprint density at radius 1 is 1.47 bits per heavy atom. The van der Waals surface area contributed by atoms with Crippen LogP contribution in [0.25, 0.3) is 0 Å². The third-order valence-corrected chi connectivity index (χ3v) is 2.91. The van der Waals surface area contributed by atoms with Gasteiger partial charge >= 0.3 is 0 Å². The summed E-state index contributed by atoms with van der Waals surface area (Å²) in [6, 6.07) is 1.91. The van der Waals surface area contributed by atoms with Gasteiger partial charge in [-0.2, -0.15) is 10.2 Å². The van der Waals surface area contributed by atoms with Gasteiger partial charge in [0.15, 0.2) is 0 Å². The molecule has 0 amide bonds. The van der Waals surface area contributed by atoms with Crippen molar-refractivity contribution in [1.29, 1.82) is 0 Å². The summed E-state index contributed by atoms with van der Waals surface area (Å²) in [6.07, 6.45) is 3.74. The van der Waals surface area contributed by atoms with Crippen molar-refractivity contribution in [3.63, 3.8) is 0 Å². The molecular weight excluding hydrogens is 216 g/mol. The average Bonchev–Trinajstić information content (AvgIpc) is 2.87. The summed E-state index contributed by atoms with van der Waals surface area (Å²) < 4.78 is 3.62. The van der Waals surface area contributed by atoms with Gasteiger partial charge < -0.3 is 5.11 Å². The first kappa shape index (κ1) is 11.9. The van der Waals surface area contributed by atoms with E-state index in [0.717, 1.165) is 17.8 Å². The van der Waals surface area contributed by atoms with Gasteiger partial charge in [0.25, 0.3) is 0 Å². The van der Waals surface area contributed by atoms with Crippen LogP contribution in [0.1, 0.15) is 30.0 Å². The van der Waals surface area contributed by atoms with Crippen LogP contribution in [0.3, 0.4) is 0 Å². The lowest BCUT2D eigenvalue weighted by molar-refractivity contribution is 0.172. The Morgan fingerprint density at radius 2 is 2.24 bits per heavy atom. The van der Waals surface area contributed by atoms with Crippen LogP contribution < -0.4 is 0 Å². The van der Waals surface area contributed by atoms with E-state index in [0.29, 0.717) is 12.1 Å². The van der Waals surface area contributed by atoms with Gasteiger partial charge in [0.05, 0.1) is 11.9 Å². The molecule has 1 N–H and O–H groups in total. The molecule has 0 aliphatic rings. The maximum Gasteiger partial charge on any atom is 0.102 e. The fraction of sp³-hybridized carbons (Fsp3) is 0.500. The van der Waals surface area contributed by atoms with E-state index in [1.807, 2.05) is 37.8 Å². The zero-order valence-corrected chi connectivity index (χ0v) is 10.5. The Morgan fingerprint density at radius 3 is 2.76 bits per heavy atom. The first-order valence-electron chi connectivity index (χ1n) is 5.80. The summed E-state index contributed by atoms with van der Waals surface area (Å²) in [7, 11) is 1.88. The Balaban J connectivity index is 2.08. The minimum absolute atomic E-state index is 0.552. The van der Waals surface area contributed by atoms with Gasteiger partial charge in [-0.25, -0.2) is 0 Å². The molecule has 2 rings (SSSR count). The topological polar surface area (TPSA) is 55.9 Å². The normalized spacial score (nSPS) is 12.9. The van der Waals surface area contributed by atoms with Crippen LogP contribution in [0, 0.1) is 6.92 Å². The minimum atomic E-state index is -0.565. The molecule has 1 unspecified atom stereocenters. The van der Waals surface area contributed by atoms with Gasteiger partial charge in [-0.1, -0.05) is 0 Å². The van der Waals surface area contributed by atoms with Crippen LogP contribution in [-0.4, -0.2) is 24.7 Å². The lowest BCUT2D eigenvalue weighted by atomic mass is 10.1. The van der Waals surface area contributed by atoms with Gasteiger partial charge in [0.2, 0.25) is 0 Å².